The highest BCUT2D eigenvalue weighted by Gasteiger charge is 2.36. The second-order valence-electron chi connectivity index (χ2n) is 8.59. The van der Waals surface area contributed by atoms with E-state index in [9.17, 15) is 9.59 Å². The number of hydrogen-bond acceptors (Lipinski definition) is 6. The van der Waals surface area contributed by atoms with Crippen molar-refractivity contribution in [2.45, 2.75) is 38.5 Å². The zero-order chi connectivity index (χ0) is 24.8. The fourth-order valence-corrected chi connectivity index (χ4v) is 4.99. The smallest absolute Gasteiger partial charge is 0.283 e. The molecule has 0 saturated carbocycles. The molecule has 1 atom stereocenters. The Bertz CT molecular complexity index is 1090. The lowest BCUT2D eigenvalue weighted by atomic mass is 10.2. The van der Waals surface area contributed by atoms with E-state index in [2.05, 4.69) is 0 Å². The van der Waals surface area contributed by atoms with Gasteiger partial charge in [-0.15, -0.1) is 0 Å². The van der Waals surface area contributed by atoms with Crippen molar-refractivity contribution in [3.05, 3.63) is 65.9 Å². The van der Waals surface area contributed by atoms with Gasteiger partial charge in [-0.1, -0.05) is 49.0 Å². The number of carbonyl (C=O) groups excluding carboxylic acids is 2. The van der Waals surface area contributed by atoms with Gasteiger partial charge < -0.3 is 14.4 Å². The summed E-state index contributed by atoms with van der Waals surface area (Å²) in [5.74, 6) is 0.620. The van der Waals surface area contributed by atoms with E-state index in [4.69, 9.17) is 14.5 Å². The van der Waals surface area contributed by atoms with Crippen LogP contribution in [0.25, 0.3) is 6.08 Å². The summed E-state index contributed by atoms with van der Waals surface area (Å²) in [6, 6.07) is 17.0. The molecule has 1 fully saturated rings. The van der Waals surface area contributed by atoms with Crippen LogP contribution in [0.5, 0.6) is 5.75 Å². The molecule has 0 radical (unpaired) electrons. The molecule has 2 heterocycles. The molecule has 0 aromatic heterocycles. The van der Waals surface area contributed by atoms with Crippen LogP contribution in [-0.4, -0.2) is 59.5 Å². The topological polar surface area (TPSA) is 71.4 Å². The second kappa shape index (κ2) is 11.6. The number of amides is 2. The third-order valence-electron chi connectivity index (χ3n) is 5.62. The number of benzene rings is 2. The summed E-state index contributed by atoms with van der Waals surface area (Å²) < 4.78 is 11.1. The molecule has 2 aromatic carbocycles. The molecule has 4 rings (SSSR count). The van der Waals surface area contributed by atoms with Gasteiger partial charge in [-0.2, -0.15) is 0 Å². The molecular formula is C27H31N3O4S. The van der Waals surface area contributed by atoms with Crippen LogP contribution in [0.2, 0.25) is 0 Å². The van der Waals surface area contributed by atoms with E-state index in [1.54, 1.807) is 11.0 Å². The van der Waals surface area contributed by atoms with Gasteiger partial charge in [0, 0.05) is 13.1 Å². The van der Waals surface area contributed by atoms with E-state index in [0.717, 1.165) is 17.0 Å². The first kappa shape index (κ1) is 25.0. The number of morpholine rings is 1. The van der Waals surface area contributed by atoms with E-state index in [0.29, 0.717) is 43.6 Å². The van der Waals surface area contributed by atoms with Crippen LogP contribution in [0.1, 0.15) is 32.8 Å². The lowest BCUT2D eigenvalue weighted by Crippen LogP contribution is -2.45. The minimum atomic E-state index is -0.335. The summed E-state index contributed by atoms with van der Waals surface area (Å²) in [5, 5.41) is 0.179. The second-order valence-corrected chi connectivity index (χ2v) is 9.76. The Kier molecular flexibility index (Phi) is 8.25. The molecule has 184 valence electrons. The predicted octanol–water partition coefficient (Wildman–Crippen LogP) is 4.59. The Labute approximate surface area is 210 Å². The van der Waals surface area contributed by atoms with Crippen molar-refractivity contribution in [1.29, 1.82) is 0 Å². The quantitative estimate of drug-likeness (QED) is 0.528. The van der Waals surface area contributed by atoms with Crippen LogP contribution in [0.3, 0.4) is 0 Å². The van der Waals surface area contributed by atoms with Crippen molar-refractivity contribution in [2.75, 3.05) is 31.2 Å². The van der Waals surface area contributed by atoms with Gasteiger partial charge >= 0.3 is 0 Å². The SMILES string of the molecule is CCC(SC1=NC(=Cc2ccc(OC(C)C)cc2)C(=O)N1c1ccccc1)C(=O)N1CCOCC1. The number of carbonyl (C=O) groups is 2. The van der Waals surface area contributed by atoms with Crippen molar-refractivity contribution in [1.82, 2.24) is 4.90 Å². The molecule has 0 aliphatic carbocycles. The molecule has 1 unspecified atom stereocenters. The zero-order valence-electron chi connectivity index (χ0n) is 20.3. The summed E-state index contributed by atoms with van der Waals surface area (Å²) in [5.41, 5.74) is 1.91. The number of thioether (sulfide) groups is 1. The first-order chi connectivity index (χ1) is 17.0. The molecule has 0 spiro atoms. The molecule has 1 saturated heterocycles. The lowest BCUT2D eigenvalue weighted by molar-refractivity contribution is -0.134. The number of rotatable bonds is 7. The van der Waals surface area contributed by atoms with Crippen molar-refractivity contribution in [3.8, 4) is 5.75 Å². The van der Waals surface area contributed by atoms with Crippen LogP contribution in [0, 0.1) is 0 Å². The van der Waals surface area contributed by atoms with Gasteiger partial charge in [-0.05, 0) is 56.2 Å². The summed E-state index contributed by atoms with van der Waals surface area (Å²) >= 11 is 1.35. The van der Waals surface area contributed by atoms with E-state index in [-0.39, 0.29) is 23.2 Å². The number of anilines is 1. The Balaban J connectivity index is 1.61. The third-order valence-corrected chi connectivity index (χ3v) is 6.92. The maximum Gasteiger partial charge on any atom is 0.283 e. The van der Waals surface area contributed by atoms with Crippen molar-refractivity contribution < 1.29 is 19.1 Å². The van der Waals surface area contributed by atoms with Gasteiger partial charge in [-0.3, -0.25) is 14.5 Å². The number of nitrogens with zero attached hydrogens (tertiary/aromatic N) is 3. The monoisotopic (exact) mass is 493 g/mol. The van der Waals surface area contributed by atoms with E-state index in [1.807, 2.05) is 80.3 Å². The maximum absolute atomic E-state index is 13.5. The highest BCUT2D eigenvalue weighted by Crippen LogP contribution is 2.32. The van der Waals surface area contributed by atoms with Gasteiger partial charge in [-0.25, -0.2) is 4.99 Å². The minimum Gasteiger partial charge on any atom is -0.491 e. The number of aliphatic imine (C=N–C) groups is 1. The number of para-hydroxylation sites is 1. The van der Waals surface area contributed by atoms with Crippen molar-refractivity contribution in [3.63, 3.8) is 0 Å². The molecule has 2 aliphatic heterocycles. The fourth-order valence-electron chi connectivity index (χ4n) is 3.88. The van der Waals surface area contributed by atoms with Crippen LogP contribution in [0.15, 0.2) is 65.3 Å². The summed E-state index contributed by atoms with van der Waals surface area (Å²) in [6.45, 7) is 8.22. The average molecular weight is 494 g/mol. The molecular weight excluding hydrogens is 462 g/mol. The predicted molar refractivity (Wildman–Crippen MR) is 141 cm³/mol. The highest BCUT2D eigenvalue weighted by molar-refractivity contribution is 8.15. The van der Waals surface area contributed by atoms with Gasteiger partial charge in [0.05, 0.1) is 30.3 Å². The lowest BCUT2D eigenvalue weighted by Gasteiger charge is -2.30. The van der Waals surface area contributed by atoms with Crippen LogP contribution < -0.4 is 9.64 Å². The Morgan fingerprint density at radius 3 is 2.43 bits per heavy atom. The van der Waals surface area contributed by atoms with Gasteiger partial charge in [0.15, 0.2) is 5.17 Å². The largest absolute Gasteiger partial charge is 0.491 e. The zero-order valence-corrected chi connectivity index (χ0v) is 21.2. The average Bonchev–Trinajstić information content (AvgIpc) is 3.18. The summed E-state index contributed by atoms with van der Waals surface area (Å²) in [6.07, 6.45) is 2.49. The van der Waals surface area contributed by atoms with E-state index < -0.39 is 0 Å². The maximum atomic E-state index is 13.5. The number of ether oxygens (including phenoxy) is 2. The highest BCUT2D eigenvalue weighted by atomic mass is 32.2. The molecule has 35 heavy (non-hydrogen) atoms. The molecule has 8 heteroatoms. The molecule has 2 aliphatic rings. The molecule has 0 N–H and O–H groups in total. The number of amidine groups is 1. The Morgan fingerprint density at radius 2 is 1.80 bits per heavy atom. The molecule has 2 aromatic rings. The van der Waals surface area contributed by atoms with Crippen LogP contribution >= 0.6 is 11.8 Å². The van der Waals surface area contributed by atoms with Gasteiger partial charge in [0.2, 0.25) is 5.91 Å². The van der Waals surface area contributed by atoms with Crippen molar-refractivity contribution >= 4 is 40.5 Å². The molecule has 2 amide bonds. The van der Waals surface area contributed by atoms with Gasteiger partial charge in [0.25, 0.3) is 5.91 Å². The summed E-state index contributed by atoms with van der Waals surface area (Å²) in [4.78, 5) is 34.8. The third kappa shape index (κ3) is 6.13. The minimum absolute atomic E-state index is 0.0575. The summed E-state index contributed by atoms with van der Waals surface area (Å²) in [7, 11) is 0. The van der Waals surface area contributed by atoms with Crippen LogP contribution in [0.4, 0.5) is 5.69 Å². The molecule has 0 bridgehead atoms. The number of hydrogen-bond donors (Lipinski definition) is 0. The first-order valence-corrected chi connectivity index (χ1v) is 12.8. The normalized spacial score (nSPS) is 18.2. The molecule has 7 nitrogen and oxygen atoms in total. The standard InChI is InChI=1S/C27H31N3O4S/c1-4-24(26(32)29-14-16-33-17-15-29)35-27-28-23(25(31)30(27)21-8-6-5-7-9-21)18-20-10-12-22(13-11-20)34-19(2)3/h5-13,18-19,24H,4,14-17H2,1-3H3. The van der Waals surface area contributed by atoms with E-state index in [1.165, 1.54) is 11.8 Å². The Morgan fingerprint density at radius 1 is 1.11 bits per heavy atom. The van der Waals surface area contributed by atoms with Crippen LogP contribution in [-0.2, 0) is 14.3 Å². The fraction of sp³-hybridized carbons (Fsp3) is 0.370. The van der Waals surface area contributed by atoms with Gasteiger partial charge in [0.1, 0.15) is 11.4 Å². The Hall–Kier alpha value is -3.10. The first-order valence-electron chi connectivity index (χ1n) is 12.0. The van der Waals surface area contributed by atoms with E-state index >= 15 is 0 Å². The van der Waals surface area contributed by atoms with Crippen molar-refractivity contribution in [2.24, 2.45) is 4.99 Å².